The summed E-state index contributed by atoms with van der Waals surface area (Å²) >= 11 is 0. The van der Waals surface area contributed by atoms with Crippen LogP contribution < -0.4 is 10.6 Å². The average molecular weight is 484 g/mol. The maximum absolute atomic E-state index is 12.0. The predicted molar refractivity (Wildman–Crippen MR) is 112 cm³/mol. The lowest BCUT2D eigenvalue weighted by atomic mass is 10.2. The molecule has 0 saturated heterocycles. The lowest BCUT2D eigenvalue weighted by molar-refractivity contribution is 0.195. The molecular formula is C16H29IN4O3S. The Labute approximate surface area is 168 Å². The number of hydrogen-bond acceptors (Lipinski definition) is 4. The van der Waals surface area contributed by atoms with E-state index >= 15 is 0 Å². The van der Waals surface area contributed by atoms with E-state index in [9.17, 15) is 8.42 Å². The Balaban J connectivity index is 0.00000576. The van der Waals surface area contributed by atoms with Gasteiger partial charge in [0.05, 0.1) is 11.4 Å². The molecule has 0 aromatic heterocycles. The summed E-state index contributed by atoms with van der Waals surface area (Å²) in [5.74, 6) is 0.735. The lowest BCUT2D eigenvalue weighted by Gasteiger charge is -2.12. The van der Waals surface area contributed by atoms with Crippen molar-refractivity contribution in [3.05, 3.63) is 29.8 Å². The monoisotopic (exact) mass is 484 g/mol. The van der Waals surface area contributed by atoms with Crippen molar-refractivity contribution in [2.24, 2.45) is 4.99 Å². The molecule has 1 rings (SSSR count). The van der Waals surface area contributed by atoms with E-state index in [4.69, 9.17) is 4.74 Å². The van der Waals surface area contributed by atoms with Crippen LogP contribution in [0.1, 0.15) is 18.9 Å². The van der Waals surface area contributed by atoms with Gasteiger partial charge in [-0.2, -0.15) is 0 Å². The van der Waals surface area contributed by atoms with E-state index in [1.54, 1.807) is 31.4 Å². The Hall–Kier alpha value is -0.910. The fourth-order valence-electron chi connectivity index (χ4n) is 1.91. The smallest absolute Gasteiger partial charge is 0.242 e. The molecule has 9 heteroatoms. The minimum Gasteiger partial charge on any atom is -0.385 e. The first kappa shape index (κ1) is 24.1. The molecule has 0 unspecified atom stereocenters. The van der Waals surface area contributed by atoms with E-state index in [1.165, 1.54) is 18.4 Å². The molecule has 0 saturated carbocycles. The van der Waals surface area contributed by atoms with Crippen LogP contribution in [0.25, 0.3) is 0 Å². The van der Waals surface area contributed by atoms with Gasteiger partial charge >= 0.3 is 0 Å². The van der Waals surface area contributed by atoms with Crippen LogP contribution in [0.5, 0.6) is 0 Å². The Morgan fingerprint density at radius 1 is 1.20 bits per heavy atom. The molecule has 0 spiro atoms. The zero-order chi connectivity index (χ0) is 18.0. The minimum absolute atomic E-state index is 0. The first-order valence-electron chi connectivity index (χ1n) is 7.94. The third kappa shape index (κ3) is 8.34. The van der Waals surface area contributed by atoms with E-state index in [1.807, 2.05) is 6.92 Å². The number of methoxy groups -OCH3 is 1. The molecule has 0 amide bonds. The average Bonchev–Trinajstić information content (AvgIpc) is 2.56. The second-order valence-corrected chi connectivity index (χ2v) is 7.55. The number of hydrogen-bond donors (Lipinski definition) is 2. The predicted octanol–water partition coefficient (Wildman–Crippen LogP) is 1.65. The number of benzene rings is 1. The zero-order valence-electron chi connectivity index (χ0n) is 15.3. The van der Waals surface area contributed by atoms with Gasteiger partial charge in [0.15, 0.2) is 5.96 Å². The highest BCUT2D eigenvalue weighted by molar-refractivity contribution is 14.0. The Bertz CT molecular complexity index is 619. The Kier molecular flexibility index (Phi) is 12.0. The molecule has 7 nitrogen and oxygen atoms in total. The number of sulfonamides is 1. The van der Waals surface area contributed by atoms with E-state index in [-0.39, 0.29) is 28.9 Å². The number of aliphatic imine (C=N–C) groups is 1. The maximum Gasteiger partial charge on any atom is 0.242 e. The normalized spacial score (nSPS) is 12.0. The molecule has 25 heavy (non-hydrogen) atoms. The van der Waals surface area contributed by atoms with Gasteiger partial charge in [-0.3, -0.25) is 0 Å². The summed E-state index contributed by atoms with van der Waals surface area (Å²) in [5, 5.41) is 6.41. The third-order valence-corrected chi connectivity index (χ3v) is 5.11. The van der Waals surface area contributed by atoms with Crippen molar-refractivity contribution in [2.45, 2.75) is 24.8 Å². The van der Waals surface area contributed by atoms with Gasteiger partial charge in [0.2, 0.25) is 10.0 Å². The number of ether oxygens (including phenoxy) is 1. The summed E-state index contributed by atoms with van der Waals surface area (Å²) < 4.78 is 30.3. The van der Waals surface area contributed by atoms with Gasteiger partial charge < -0.3 is 15.4 Å². The molecule has 1 aromatic carbocycles. The number of nitrogens with one attached hydrogen (secondary N) is 2. The van der Waals surface area contributed by atoms with Crippen LogP contribution in [0.15, 0.2) is 34.2 Å². The minimum atomic E-state index is -3.39. The van der Waals surface area contributed by atoms with Crippen molar-refractivity contribution < 1.29 is 13.2 Å². The molecule has 0 aliphatic rings. The van der Waals surface area contributed by atoms with Gasteiger partial charge in [-0.25, -0.2) is 17.7 Å². The topological polar surface area (TPSA) is 83.0 Å². The van der Waals surface area contributed by atoms with E-state index in [0.29, 0.717) is 13.2 Å². The highest BCUT2D eigenvalue weighted by atomic mass is 127. The van der Waals surface area contributed by atoms with E-state index in [0.717, 1.165) is 31.0 Å². The van der Waals surface area contributed by atoms with Crippen molar-refractivity contribution in [1.29, 1.82) is 0 Å². The number of nitrogens with zero attached hydrogens (tertiary/aromatic N) is 2. The fourth-order valence-corrected chi connectivity index (χ4v) is 2.81. The molecule has 144 valence electrons. The highest BCUT2D eigenvalue weighted by Crippen LogP contribution is 2.14. The van der Waals surface area contributed by atoms with Gasteiger partial charge in [-0.15, -0.1) is 24.0 Å². The summed E-state index contributed by atoms with van der Waals surface area (Å²) in [6, 6.07) is 6.79. The van der Waals surface area contributed by atoms with Crippen LogP contribution in [0.2, 0.25) is 0 Å². The fraction of sp³-hybridized carbons (Fsp3) is 0.562. The first-order chi connectivity index (χ1) is 11.4. The maximum atomic E-state index is 12.0. The van der Waals surface area contributed by atoms with Crippen LogP contribution in [-0.4, -0.2) is 59.6 Å². The molecule has 0 radical (unpaired) electrons. The van der Waals surface area contributed by atoms with Crippen LogP contribution in [-0.2, 0) is 21.3 Å². The summed E-state index contributed by atoms with van der Waals surface area (Å²) in [7, 11) is 1.33. The summed E-state index contributed by atoms with van der Waals surface area (Å²) in [6.45, 7) is 4.74. The van der Waals surface area contributed by atoms with Crippen molar-refractivity contribution in [2.75, 3.05) is 40.9 Å². The second kappa shape index (κ2) is 12.4. The third-order valence-electron chi connectivity index (χ3n) is 3.28. The number of guanidine groups is 1. The second-order valence-electron chi connectivity index (χ2n) is 5.40. The van der Waals surface area contributed by atoms with Gasteiger partial charge in [-0.1, -0.05) is 12.1 Å². The van der Waals surface area contributed by atoms with Gasteiger partial charge in [0.25, 0.3) is 0 Å². The SMILES string of the molecule is CCNC(=NCc1ccc(S(=O)(=O)N(C)C)cc1)NCCCOC.I. The van der Waals surface area contributed by atoms with Crippen molar-refractivity contribution in [1.82, 2.24) is 14.9 Å². The van der Waals surface area contributed by atoms with Gasteiger partial charge in [0.1, 0.15) is 0 Å². The zero-order valence-corrected chi connectivity index (χ0v) is 18.4. The van der Waals surface area contributed by atoms with Gasteiger partial charge in [-0.05, 0) is 31.0 Å². The highest BCUT2D eigenvalue weighted by Gasteiger charge is 2.16. The summed E-state index contributed by atoms with van der Waals surface area (Å²) in [6.07, 6.45) is 0.901. The molecule has 0 atom stereocenters. The lowest BCUT2D eigenvalue weighted by Crippen LogP contribution is -2.38. The molecule has 0 fully saturated rings. The molecule has 1 aromatic rings. The first-order valence-corrected chi connectivity index (χ1v) is 9.38. The van der Waals surface area contributed by atoms with E-state index in [2.05, 4.69) is 15.6 Å². The quantitative estimate of drug-likeness (QED) is 0.241. The molecule has 0 bridgehead atoms. The van der Waals surface area contributed by atoms with Crippen LogP contribution >= 0.6 is 24.0 Å². The van der Waals surface area contributed by atoms with E-state index < -0.39 is 10.0 Å². The van der Waals surface area contributed by atoms with Gasteiger partial charge in [0, 0.05) is 40.9 Å². The van der Waals surface area contributed by atoms with Crippen LogP contribution in [0, 0.1) is 0 Å². The molecule has 0 heterocycles. The van der Waals surface area contributed by atoms with Crippen molar-refractivity contribution in [3.63, 3.8) is 0 Å². The largest absolute Gasteiger partial charge is 0.385 e. The number of halogens is 1. The molecule has 2 N–H and O–H groups in total. The molecule has 0 aliphatic carbocycles. The summed E-state index contributed by atoms with van der Waals surface area (Å²) in [5.41, 5.74) is 0.946. The Morgan fingerprint density at radius 3 is 2.36 bits per heavy atom. The van der Waals surface area contributed by atoms with Crippen molar-refractivity contribution >= 4 is 40.0 Å². The molecular weight excluding hydrogens is 455 g/mol. The van der Waals surface area contributed by atoms with Crippen LogP contribution in [0.3, 0.4) is 0 Å². The molecule has 0 aliphatic heterocycles. The number of rotatable bonds is 9. The van der Waals surface area contributed by atoms with Crippen molar-refractivity contribution in [3.8, 4) is 0 Å². The summed E-state index contributed by atoms with van der Waals surface area (Å²) in [4.78, 5) is 4.78. The Morgan fingerprint density at radius 2 is 1.84 bits per heavy atom. The standard InChI is InChI=1S/C16H28N4O3S.HI/c1-5-17-16(18-11-6-12-23-4)19-13-14-7-9-15(10-8-14)24(21,22)20(2)3;/h7-10H,5-6,11-13H2,1-4H3,(H2,17,18,19);1H. The van der Waals surface area contributed by atoms with Crippen LogP contribution in [0.4, 0.5) is 0 Å².